The second-order valence-corrected chi connectivity index (χ2v) is 8.58. The fourth-order valence-electron chi connectivity index (χ4n) is 3.77. The third-order valence-electron chi connectivity index (χ3n) is 5.05. The average molecular weight is 458 g/mol. The van der Waals surface area contributed by atoms with Crippen molar-refractivity contribution in [1.29, 1.82) is 0 Å². The van der Waals surface area contributed by atoms with Crippen LogP contribution in [0.1, 0.15) is 44.6 Å². The van der Waals surface area contributed by atoms with Gasteiger partial charge in [0.2, 0.25) is 0 Å². The fourth-order valence-corrected chi connectivity index (χ4v) is 5.10. The second kappa shape index (κ2) is 9.33. The summed E-state index contributed by atoms with van der Waals surface area (Å²) < 4.78 is 18.3. The molecular formula is C20H27IO4. The minimum atomic E-state index is -0.0545. The van der Waals surface area contributed by atoms with E-state index in [1.54, 1.807) is 0 Å². The lowest BCUT2D eigenvalue weighted by Crippen LogP contribution is -2.47. The molecule has 1 aromatic carbocycles. The molecule has 4 nitrogen and oxygen atoms in total. The smallest absolute Gasteiger partial charge is 0.306 e. The Bertz CT molecular complexity index is 550. The van der Waals surface area contributed by atoms with Crippen molar-refractivity contribution >= 4 is 28.6 Å². The Hall–Kier alpha value is -0.660. The molecule has 138 valence electrons. The molecule has 1 aliphatic heterocycles. The molecule has 2 aliphatic rings. The van der Waals surface area contributed by atoms with Gasteiger partial charge in [0.25, 0.3) is 0 Å². The number of hydrogen-bond donors (Lipinski definition) is 0. The molecule has 1 aromatic rings. The van der Waals surface area contributed by atoms with Crippen LogP contribution in [0.2, 0.25) is 0 Å². The summed E-state index contributed by atoms with van der Waals surface area (Å²) in [6, 6.07) is 10.3. The van der Waals surface area contributed by atoms with Crippen molar-refractivity contribution in [2.45, 2.75) is 67.9 Å². The highest BCUT2D eigenvalue weighted by atomic mass is 127. The Morgan fingerprint density at radius 2 is 2.00 bits per heavy atom. The quantitative estimate of drug-likeness (QED) is 0.348. The molecule has 0 amide bonds. The van der Waals surface area contributed by atoms with Gasteiger partial charge in [-0.1, -0.05) is 59.8 Å². The summed E-state index contributed by atoms with van der Waals surface area (Å²) in [6.45, 7) is 3.49. The van der Waals surface area contributed by atoms with Crippen molar-refractivity contribution in [1.82, 2.24) is 0 Å². The van der Waals surface area contributed by atoms with E-state index in [1.165, 1.54) is 5.56 Å². The molecule has 2 fully saturated rings. The minimum absolute atomic E-state index is 0.0479. The molecule has 1 saturated heterocycles. The van der Waals surface area contributed by atoms with Crippen molar-refractivity contribution in [3.05, 3.63) is 35.9 Å². The number of esters is 1. The van der Waals surface area contributed by atoms with Crippen LogP contribution in [0, 0.1) is 5.92 Å². The van der Waals surface area contributed by atoms with E-state index in [1.807, 2.05) is 18.2 Å². The van der Waals surface area contributed by atoms with Crippen LogP contribution in [-0.4, -0.2) is 34.8 Å². The predicted octanol–water partition coefficient (Wildman–Crippen LogP) is 4.29. The van der Waals surface area contributed by atoms with E-state index in [-0.39, 0.29) is 24.3 Å². The Morgan fingerprint density at radius 1 is 1.20 bits per heavy atom. The van der Waals surface area contributed by atoms with Gasteiger partial charge < -0.3 is 14.2 Å². The minimum Gasteiger partial charge on any atom is -0.462 e. The number of rotatable bonds is 7. The molecule has 0 radical (unpaired) electrons. The first-order valence-electron chi connectivity index (χ1n) is 9.28. The van der Waals surface area contributed by atoms with Crippen LogP contribution in [0.4, 0.5) is 0 Å². The van der Waals surface area contributed by atoms with Crippen molar-refractivity contribution in [2.75, 3.05) is 6.61 Å². The molecule has 0 spiro atoms. The van der Waals surface area contributed by atoms with Crippen molar-refractivity contribution in [3.8, 4) is 0 Å². The molecule has 25 heavy (non-hydrogen) atoms. The third-order valence-corrected chi connectivity index (χ3v) is 6.27. The number of alkyl halides is 1. The number of hydrogen-bond acceptors (Lipinski definition) is 4. The van der Waals surface area contributed by atoms with Crippen LogP contribution in [0.25, 0.3) is 0 Å². The lowest BCUT2D eigenvalue weighted by atomic mass is 9.81. The van der Waals surface area contributed by atoms with E-state index in [4.69, 9.17) is 14.2 Å². The number of halogens is 1. The van der Waals surface area contributed by atoms with E-state index in [0.29, 0.717) is 22.9 Å². The van der Waals surface area contributed by atoms with Crippen LogP contribution < -0.4 is 0 Å². The molecule has 0 N–H and O–H groups in total. The summed E-state index contributed by atoms with van der Waals surface area (Å²) in [5.41, 5.74) is 1.18. The van der Waals surface area contributed by atoms with Crippen molar-refractivity contribution in [2.24, 2.45) is 5.92 Å². The number of carbonyl (C=O) groups is 1. The molecule has 5 heteroatoms. The van der Waals surface area contributed by atoms with E-state index in [9.17, 15) is 4.79 Å². The standard InChI is InChI=1S/C20H27IO4/c1-2-10-23-20-16(21)11-15(17-8-9-19(22)25-17)12-18(20)24-13-14-6-4-3-5-7-14/h3-7,15-18,20H,2,8-13H2,1H3. The van der Waals surface area contributed by atoms with Crippen LogP contribution in [0.15, 0.2) is 30.3 Å². The van der Waals surface area contributed by atoms with Gasteiger partial charge in [-0.15, -0.1) is 0 Å². The van der Waals surface area contributed by atoms with E-state index in [2.05, 4.69) is 41.6 Å². The van der Waals surface area contributed by atoms with Gasteiger partial charge in [0, 0.05) is 17.0 Å². The Labute approximate surface area is 163 Å². The lowest BCUT2D eigenvalue weighted by Gasteiger charge is -2.40. The fraction of sp³-hybridized carbons (Fsp3) is 0.650. The summed E-state index contributed by atoms with van der Waals surface area (Å²) in [7, 11) is 0. The van der Waals surface area contributed by atoms with Crippen LogP contribution in [0.5, 0.6) is 0 Å². The first-order valence-corrected chi connectivity index (χ1v) is 10.5. The molecule has 3 rings (SSSR count). The molecule has 0 bridgehead atoms. The zero-order chi connectivity index (χ0) is 17.6. The van der Waals surface area contributed by atoms with Gasteiger partial charge in [0.15, 0.2) is 0 Å². The van der Waals surface area contributed by atoms with Gasteiger partial charge >= 0.3 is 5.97 Å². The molecule has 5 atom stereocenters. The second-order valence-electron chi connectivity index (χ2n) is 6.98. The summed E-state index contributed by atoms with van der Waals surface area (Å²) >= 11 is 2.49. The third kappa shape index (κ3) is 5.17. The highest BCUT2D eigenvalue weighted by molar-refractivity contribution is 14.1. The lowest BCUT2D eigenvalue weighted by molar-refractivity contribution is -0.147. The van der Waals surface area contributed by atoms with Crippen LogP contribution >= 0.6 is 22.6 Å². The molecule has 1 saturated carbocycles. The summed E-state index contributed by atoms with van der Waals surface area (Å²) in [4.78, 5) is 11.5. The van der Waals surface area contributed by atoms with Gasteiger partial charge in [-0.05, 0) is 37.2 Å². The van der Waals surface area contributed by atoms with Crippen molar-refractivity contribution < 1.29 is 19.0 Å². The zero-order valence-electron chi connectivity index (χ0n) is 14.7. The van der Waals surface area contributed by atoms with Gasteiger partial charge in [-0.2, -0.15) is 0 Å². The Morgan fingerprint density at radius 3 is 2.68 bits per heavy atom. The van der Waals surface area contributed by atoms with Gasteiger partial charge in [-0.25, -0.2) is 0 Å². The first kappa shape index (κ1) is 19.1. The number of benzene rings is 1. The summed E-state index contributed by atoms with van der Waals surface area (Å²) in [5, 5.41) is 0. The van der Waals surface area contributed by atoms with Gasteiger partial charge in [0.1, 0.15) is 6.10 Å². The maximum absolute atomic E-state index is 11.5. The number of ether oxygens (including phenoxy) is 3. The van der Waals surface area contributed by atoms with Crippen molar-refractivity contribution in [3.63, 3.8) is 0 Å². The monoisotopic (exact) mass is 458 g/mol. The van der Waals surface area contributed by atoms with Gasteiger partial charge in [-0.3, -0.25) is 4.79 Å². The zero-order valence-corrected chi connectivity index (χ0v) is 16.9. The normalized spacial score (nSPS) is 32.6. The highest BCUT2D eigenvalue weighted by Crippen LogP contribution is 2.39. The Kier molecular flexibility index (Phi) is 7.13. The van der Waals surface area contributed by atoms with E-state index in [0.717, 1.165) is 32.3 Å². The first-order chi connectivity index (χ1) is 12.2. The SMILES string of the molecule is CCCOC1C(I)CC(C2CCC(=O)O2)CC1OCc1ccccc1. The molecular weight excluding hydrogens is 431 g/mol. The summed E-state index contributed by atoms with van der Waals surface area (Å²) in [5.74, 6) is 0.316. The number of cyclic esters (lactones) is 1. The maximum atomic E-state index is 11.5. The largest absolute Gasteiger partial charge is 0.462 e. The van der Waals surface area contributed by atoms with Crippen LogP contribution in [-0.2, 0) is 25.6 Å². The predicted molar refractivity (Wildman–Crippen MR) is 105 cm³/mol. The van der Waals surface area contributed by atoms with Gasteiger partial charge in [0.05, 0.1) is 18.8 Å². The highest BCUT2D eigenvalue weighted by Gasteiger charge is 2.43. The summed E-state index contributed by atoms with van der Waals surface area (Å²) in [6.07, 6.45) is 4.55. The topological polar surface area (TPSA) is 44.8 Å². The molecule has 1 heterocycles. The van der Waals surface area contributed by atoms with Crippen LogP contribution in [0.3, 0.4) is 0 Å². The van der Waals surface area contributed by atoms with E-state index < -0.39 is 0 Å². The number of carbonyl (C=O) groups excluding carboxylic acids is 1. The molecule has 5 unspecified atom stereocenters. The molecule has 0 aromatic heterocycles. The Balaban J connectivity index is 1.65. The maximum Gasteiger partial charge on any atom is 0.306 e. The average Bonchev–Trinajstić information content (AvgIpc) is 3.06. The molecule has 1 aliphatic carbocycles. The van der Waals surface area contributed by atoms with E-state index >= 15 is 0 Å².